The minimum atomic E-state index is -0.399. The largest absolute Gasteiger partial charge is 0.353 e. The molecule has 0 spiro atoms. The maximum Gasteiger partial charge on any atom is 0.226 e. The maximum absolute atomic E-state index is 13.1. The molecule has 0 unspecified atom stereocenters. The number of carbonyl (C=O) groups is 2. The molecule has 0 radical (unpaired) electrons. The number of benzene rings is 1. The van der Waals surface area contributed by atoms with Gasteiger partial charge >= 0.3 is 0 Å². The van der Waals surface area contributed by atoms with Crippen LogP contribution in [0.3, 0.4) is 0 Å². The number of carbonyl (C=O) groups excluding carboxylic acids is 2. The van der Waals surface area contributed by atoms with E-state index < -0.39 is 5.92 Å². The molecule has 3 rings (SSSR count). The Bertz CT molecular complexity index is 567. The van der Waals surface area contributed by atoms with Crippen molar-refractivity contribution in [3.8, 4) is 0 Å². The van der Waals surface area contributed by atoms with Gasteiger partial charge in [0.15, 0.2) is 0 Å². The SMILES string of the molecule is CN1C(=O)C[C@H](C(=O)NC2CCCC2)[C@@H]1c1ccc(F)cc1. The lowest BCUT2D eigenvalue weighted by Gasteiger charge is -2.26. The number of nitrogens with zero attached hydrogens (tertiary/aromatic N) is 1. The van der Waals surface area contributed by atoms with Crippen molar-refractivity contribution in [2.24, 2.45) is 5.92 Å². The van der Waals surface area contributed by atoms with E-state index in [9.17, 15) is 14.0 Å². The van der Waals surface area contributed by atoms with E-state index in [-0.39, 0.29) is 36.1 Å². The molecule has 2 aliphatic rings. The summed E-state index contributed by atoms with van der Waals surface area (Å²) in [4.78, 5) is 26.2. The molecule has 22 heavy (non-hydrogen) atoms. The Hall–Kier alpha value is -1.91. The summed E-state index contributed by atoms with van der Waals surface area (Å²) < 4.78 is 13.1. The Kier molecular flexibility index (Phi) is 4.14. The molecule has 4 nitrogen and oxygen atoms in total. The molecule has 1 saturated heterocycles. The second kappa shape index (κ2) is 6.07. The summed E-state index contributed by atoms with van der Waals surface area (Å²) in [5, 5.41) is 3.08. The third kappa shape index (κ3) is 2.85. The van der Waals surface area contributed by atoms with Gasteiger partial charge in [0, 0.05) is 19.5 Å². The molecule has 118 valence electrons. The summed E-state index contributed by atoms with van der Waals surface area (Å²) in [6.45, 7) is 0. The standard InChI is InChI=1S/C17H21FN2O2/c1-20-15(21)10-14(17(22)19-13-4-2-3-5-13)16(20)11-6-8-12(18)9-7-11/h6-9,13-14,16H,2-5,10H2,1H3,(H,19,22)/t14-,16-/m0/s1. The number of hydrogen-bond donors (Lipinski definition) is 1. The van der Waals surface area contributed by atoms with Crippen molar-refractivity contribution >= 4 is 11.8 Å². The molecular formula is C17H21FN2O2. The van der Waals surface area contributed by atoms with Crippen LogP contribution in [0.15, 0.2) is 24.3 Å². The number of halogens is 1. The lowest BCUT2D eigenvalue weighted by atomic mass is 9.92. The topological polar surface area (TPSA) is 49.4 Å². The molecule has 1 aromatic carbocycles. The Morgan fingerprint density at radius 3 is 2.50 bits per heavy atom. The van der Waals surface area contributed by atoms with Crippen LogP contribution in [0.4, 0.5) is 4.39 Å². The molecule has 1 heterocycles. The summed E-state index contributed by atoms with van der Waals surface area (Å²) in [6.07, 6.45) is 4.55. The summed E-state index contributed by atoms with van der Waals surface area (Å²) >= 11 is 0. The van der Waals surface area contributed by atoms with Gasteiger partial charge in [-0.25, -0.2) is 4.39 Å². The van der Waals surface area contributed by atoms with Gasteiger partial charge in [0.25, 0.3) is 0 Å². The van der Waals surface area contributed by atoms with Crippen LogP contribution in [0.5, 0.6) is 0 Å². The molecule has 1 N–H and O–H groups in total. The molecule has 1 aliphatic heterocycles. The fraction of sp³-hybridized carbons (Fsp3) is 0.529. The molecule has 2 atom stereocenters. The molecule has 1 aromatic rings. The Labute approximate surface area is 129 Å². The molecular weight excluding hydrogens is 283 g/mol. The average Bonchev–Trinajstić information content (AvgIpc) is 3.10. The molecule has 5 heteroatoms. The highest BCUT2D eigenvalue weighted by Crippen LogP contribution is 2.37. The second-order valence-corrected chi connectivity index (χ2v) is 6.30. The first-order valence-corrected chi connectivity index (χ1v) is 7.88. The van der Waals surface area contributed by atoms with Crippen molar-refractivity contribution in [3.63, 3.8) is 0 Å². The Morgan fingerprint density at radius 1 is 1.23 bits per heavy atom. The van der Waals surface area contributed by atoms with Gasteiger partial charge in [-0.1, -0.05) is 25.0 Å². The lowest BCUT2D eigenvalue weighted by molar-refractivity contribution is -0.128. The van der Waals surface area contributed by atoms with Gasteiger partial charge in [-0.3, -0.25) is 9.59 Å². The summed E-state index contributed by atoms with van der Waals surface area (Å²) in [5.74, 6) is -0.814. The number of rotatable bonds is 3. The zero-order chi connectivity index (χ0) is 15.7. The van der Waals surface area contributed by atoms with Crippen LogP contribution in [0, 0.1) is 11.7 Å². The van der Waals surface area contributed by atoms with E-state index >= 15 is 0 Å². The maximum atomic E-state index is 13.1. The predicted molar refractivity (Wildman–Crippen MR) is 80.4 cm³/mol. The van der Waals surface area contributed by atoms with Crippen molar-refractivity contribution in [2.75, 3.05) is 7.05 Å². The minimum Gasteiger partial charge on any atom is -0.353 e. The Balaban J connectivity index is 1.79. The fourth-order valence-corrected chi connectivity index (χ4v) is 3.60. The van der Waals surface area contributed by atoms with E-state index in [2.05, 4.69) is 5.32 Å². The molecule has 0 aromatic heterocycles. The minimum absolute atomic E-state index is 0.0408. The smallest absolute Gasteiger partial charge is 0.226 e. The molecule has 2 amide bonds. The van der Waals surface area contributed by atoms with Gasteiger partial charge in [0.1, 0.15) is 5.82 Å². The summed E-state index contributed by atoms with van der Waals surface area (Å²) in [7, 11) is 1.71. The van der Waals surface area contributed by atoms with Crippen LogP contribution >= 0.6 is 0 Å². The van der Waals surface area contributed by atoms with Crippen molar-refractivity contribution in [3.05, 3.63) is 35.6 Å². The monoisotopic (exact) mass is 304 g/mol. The molecule has 0 bridgehead atoms. The van der Waals surface area contributed by atoms with Crippen molar-refractivity contribution in [2.45, 2.75) is 44.2 Å². The van der Waals surface area contributed by atoms with Gasteiger partial charge in [-0.15, -0.1) is 0 Å². The number of amides is 2. The van der Waals surface area contributed by atoms with Crippen LogP contribution in [-0.2, 0) is 9.59 Å². The average molecular weight is 304 g/mol. The van der Waals surface area contributed by atoms with E-state index in [4.69, 9.17) is 0 Å². The van der Waals surface area contributed by atoms with Crippen molar-refractivity contribution in [1.82, 2.24) is 10.2 Å². The third-order valence-electron chi connectivity index (χ3n) is 4.84. The van der Waals surface area contributed by atoms with Gasteiger partial charge in [-0.05, 0) is 30.5 Å². The number of likely N-dealkylation sites (tertiary alicyclic amines) is 1. The summed E-state index contributed by atoms with van der Waals surface area (Å²) in [6, 6.07) is 5.99. The third-order valence-corrected chi connectivity index (χ3v) is 4.84. The van der Waals surface area contributed by atoms with Gasteiger partial charge in [0.2, 0.25) is 11.8 Å². The van der Waals surface area contributed by atoms with Crippen LogP contribution < -0.4 is 5.32 Å². The first-order valence-electron chi connectivity index (χ1n) is 7.88. The van der Waals surface area contributed by atoms with E-state index in [1.807, 2.05) is 0 Å². The first-order chi connectivity index (χ1) is 10.6. The van der Waals surface area contributed by atoms with Gasteiger partial charge in [0.05, 0.1) is 12.0 Å². The molecule has 1 saturated carbocycles. The van der Waals surface area contributed by atoms with Crippen LogP contribution in [0.2, 0.25) is 0 Å². The first kappa shape index (κ1) is 15.0. The quantitative estimate of drug-likeness (QED) is 0.932. The van der Waals surface area contributed by atoms with Crippen LogP contribution in [0.25, 0.3) is 0 Å². The van der Waals surface area contributed by atoms with E-state index in [1.165, 1.54) is 12.1 Å². The van der Waals surface area contributed by atoms with Crippen LogP contribution in [-0.4, -0.2) is 29.8 Å². The van der Waals surface area contributed by atoms with Crippen molar-refractivity contribution < 1.29 is 14.0 Å². The zero-order valence-electron chi connectivity index (χ0n) is 12.7. The van der Waals surface area contributed by atoms with Gasteiger partial charge < -0.3 is 10.2 Å². The highest BCUT2D eigenvalue weighted by Gasteiger charge is 2.43. The molecule has 1 aliphatic carbocycles. The predicted octanol–water partition coefficient (Wildman–Crippen LogP) is 2.40. The van der Waals surface area contributed by atoms with E-state index in [1.54, 1.807) is 24.1 Å². The van der Waals surface area contributed by atoms with E-state index in [0.717, 1.165) is 31.2 Å². The summed E-state index contributed by atoms with van der Waals surface area (Å²) in [5.41, 5.74) is 0.807. The van der Waals surface area contributed by atoms with Crippen LogP contribution in [0.1, 0.15) is 43.7 Å². The lowest BCUT2D eigenvalue weighted by Crippen LogP contribution is -2.39. The fourth-order valence-electron chi connectivity index (χ4n) is 3.60. The van der Waals surface area contributed by atoms with Crippen molar-refractivity contribution in [1.29, 1.82) is 0 Å². The number of hydrogen-bond acceptors (Lipinski definition) is 2. The highest BCUT2D eigenvalue weighted by molar-refractivity contribution is 5.90. The normalized spacial score (nSPS) is 25.7. The zero-order valence-corrected chi connectivity index (χ0v) is 12.7. The molecule has 2 fully saturated rings. The number of nitrogens with one attached hydrogen (secondary N) is 1. The highest BCUT2D eigenvalue weighted by atomic mass is 19.1. The van der Waals surface area contributed by atoms with E-state index in [0.29, 0.717) is 0 Å². The second-order valence-electron chi connectivity index (χ2n) is 6.30. The van der Waals surface area contributed by atoms with Gasteiger partial charge in [-0.2, -0.15) is 0 Å². The Morgan fingerprint density at radius 2 is 1.86 bits per heavy atom.